The molecule has 0 aliphatic carbocycles. The third-order valence-corrected chi connectivity index (χ3v) is 4.75. The van der Waals surface area contributed by atoms with Crippen molar-refractivity contribution in [1.82, 2.24) is 25.0 Å². The maximum Gasteiger partial charge on any atom is 0.307 e. The van der Waals surface area contributed by atoms with Crippen LogP contribution in [0.4, 0.5) is 0 Å². The second-order valence-corrected chi connectivity index (χ2v) is 6.82. The number of ether oxygens (including phenoxy) is 1. The highest BCUT2D eigenvalue weighted by Gasteiger charge is 2.22. The average Bonchev–Trinajstić information content (AvgIpc) is 3.22. The number of nitrogens with zero attached hydrogens (tertiary/aromatic N) is 4. The number of hydrogen-bond donors (Lipinski definition) is 1. The first kappa shape index (κ1) is 20.0. The lowest BCUT2D eigenvalue weighted by Gasteiger charge is -2.23. The third-order valence-electron chi connectivity index (χ3n) is 4.75. The Hall–Kier alpha value is -2.74. The van der Waals surface area contributed by atoms with Gasteiger partial charge in [0.15, 0.2) is 0 Å². The highest BCUT2D eigenvalue weighted by atomic mass is 16.5. The lowest BCUT2D eigenvalue weighted by atomic mass is 10.1. The van der Waals surface area contributed by atoms with Crippen molar-refractivity contribution >= 4 is 11.9 Å². The van der Waals surface area contributed by atoms with Crippen LogP contribution in [-0.4, -0.2) is 57.8 Å². The molecule has 8 heteroatoms. The molecule has 0 radical (unpaired) electrons. The zero-order valence-electron chi connectivity index (χ0n) is 16.2. The van der Waals surface area contributed by atoms with Crippen LogP contribution in [0, 0.1) is 0 Å². The SMILES string of the molecule is CCOC(=O)CCN(Cc1cccnc1)C(=O)c1ccn(C2CCCNC2)n1. The standard InChI is InChI=1S/C20H27N5O3/c1-2-28-19(26)8-11-24(15-16-5-3-9-21-13-16)20(27)18-7-12-25(23-18)17-6-4-10-22-14-17/h3,5,7,9,12-13,17,22H,2,4,6,8,10-11,14-15H2,1H3. The van der Waals surface area contributed by atoms with E-state index in [1.165, 1.54) is 0 Å². The molecule has 1 N–H and O–H groups in total. The number of amides is 1. The topological polar surface area (TPSA) is 89.4 Å². The van der Waals surface area contributed by atoms with Crippen LogP contribution < -0.4 is 5.32 Å². The molecular formula is C20H27N5O3. The predicted molar refractivity (Wildman–Crippen MR) is 104 cm³/mol. The Labute approximate surface area is 164 Å². The van der Waals surface area contributed by atoms with Crippen LogP contribution in [0.15, 0.2) is 36.8 Å². The van der Waals surface area contributed by atoms with Gasteiger partial charge in [-0.1, -0.05) is 6.07 Å². The van der Waals surface area contributed by atoms with E-state index in [2.05, 4.69) is 15.4 Å². The second-order valence-electron chi connectivity index (χ2n) is 6.82. The molecule has 8 nitrogen and oxygen atoms in total. The van der Waals surface area contributed by atoms with Gasteiger partial charge in [-0.15, -0.1) is 0 Å². The smallest absolute Gasteiger partial charge is 0.307 e. The van der Waals surface area contributed by atoms with Crippen LogP contribution >= 0.6 is 0 Å². The molecule has 1 saturated heterocycles. The number of carbonyl (C=O) groups excluding carboxylic acids is 2. The van der Waals surface area contributed by atoms with Gasteiger partial charge in [0.05, 0.1) is 19.1 Å². The minimum Gasteiger partial charge on any atom is -0.466 e. The molecule has 0 saturated carbocycles. The van der Waals surface area contributed by atoms with Gasteiger partial charge in [0, 0.05) is 38.2 Å². The van der Waals surface area contributed by atoms with Crippen molar-refractivity contribution in [2.75, 3.05) is 26.2 Å². The first-order chi connectivity index (χ1) is 13.7. The summed E-state index contributed by atoms with van der Waals surface area (Å²) in [6.45, 7) is 4.61. The Morgan fingerprint density at radius 3 is 3.00 bits per heavy atom. The molecule has 0 spiro atoms. The Kier molecular flexibility index (Phi) is 7.13. The Bertz CT molecular complexity index is 771. The van der Waals surface area contributed by atoms with Gasteiger partial charge in [-0.3, -0.25) is 19.3 Å². The number of aromatic nitrogens is 3. The fourth-order valence-electron chi connectivity index (χ4n) is 3.30. The van der Waals surface area contributed by atoms with Gasteiger partial charge >= 0.3 is 5.97 Å². The molecule has 1 aliphatic heterocycles. The molecule has 0 aromatic carbocycles. The second kappa shape index (κ2) is 9.98. The van der Waals surface area contributed by atoms with E-state index in [1.54, 1.807) is 30.3 Å². The first-order valence-electron chi connectivity index (χ1n) is 9.77. The highest BCUT2D eigenvalue weighted by molar-refractivity contribution is 5.92. The molecule has 150 valence electrons. The van der Waals surface area contributed by atoms with E-state index in [9.17, 15) is 9.59 Å². The summed E-state index contributed by atoms with van der Waals surface area (Å²) in [4.78, 5) is 30.6. The molecule has 0 bridgehead atoms. The Balaban J connectivity index is 1.71. The van der Waals surface area contributed by atoms with E-state index in [0.717, 1.165) is 31.5 Å². The van der Waals surface area contributed by atoms with Gasteiger partial charge in [0.25, 0.3) is 5.91 Å². The lowest BCUT2D eigenvalue weighted by Crippen LogP contribution is -2.34. The summed E-state index contributed by atoms with van der Waals surface area (Å²) in [6.07, 6.45) is 7.56. The van der Waals surface area contributed by atoms with Crippen LogP contribution in [-0.2, 0) is 16.1 Å². The molecule has 1 atom stereocenters. The molecule has 1 aliphatic rings. The summed E-state index contributed by atoms with van der Waals surface area (Å²) in [5.41, 5.74) is 1.29. The fourth-order valence-corrected chi connectivity index (χ4v) is 3.30. The summed E-state index contributed by atoms with van der Waals surface area (Å²) in [5, 5.41) is 7.87. The van der Waals surface area contributed by atoms with E-state index in [-0.39, 0.29) is 30.9 Å². The molecule has 28 heavy (non-hydrogen) atoms. The van der Waals surface area contributed by atoms with Crippen LogP contribution in [0.3, 0.4) is 0 Å². The number of pyridine rings is 1. The summed E-state index contributed by atoms with van der Waals surface area (Å²) in [5.74, 6) is -0.513. The van der Waals surface area contributed by atoms with E-state index >= 15 is 0 Å². The lowest BCUT2D eigenvalue weighted by molar-refractivity contribution is -0.143. The molecule has 1 fully saturated rings. The van der Waals surface area contributed by atoms with E-state index < -0.39 is 0 Å². The zero-order valence-corrected chi connectivity index (χ0v) is 16.2. The molecule has 1 amide bonds. The third kappa shape index (κ3) is 5.39. The molecule has 3 heterocycles. The number of esters is 1. The van der Waals surface area contributed by atoms with E-state index in [0.29, 0.717) is 18.8 Å². The molecular weight excluding hydrogens is 358 g/mol. The molecule has 3 rings (SSSR count). The minimum absolute atomic E-state index is 0.146. The van der Waals surface area contributed by atoms with Crippen molar-refractivity contribution in [3.63, 3.8) is 0 Å². The fraction of sp³-hybridized carbons (Fsp3) is 0.500. The minimum atomic E-state index is -0.315. The number of piperidine rings is 1. The van der Waals surface area contributed by atoms with Gasteiger partial charge in [-0.25, -0.2) is 0 Å². The van der Waals surface area contributed by atoms with Crippen molar-refractivity contribution in [2.45, 2.75) is 38.8 Å². The van der Waals surface area contributed by atoms with Crippen LogP contribution in [0.5, 0.6) is 0 Å². The number of rotatable bonds is 8. The normalized spacial score (nSPS) is 16.5. The van der Waals surface area contributed by atoms with Crippen LogP contribution in [0.2, 0.25) is 0 Å². The van der Waals surface area contributed by atoms with E-state index in [1.807, 2.05) is 23.0 Å². The molecule has 2 aromatic heterocycles. The van der Waals surface area contributed by atoms with Crippen molar-refractivity contribution in [3.8, 4) is 0 Å². The van der Waals surface area contributed by atoms with Gasteiger partial charge < -0.3 is 15.0 Å². The predicted octanol–water partition coefficient (Wildman–Crippen LogP) is 1.80. The van der Waals surface area contributed by atoms with Crippen molar-refractivity contribution in [1.29, 1.82) is 0 Å². The van der Waals surface area contributed by atoms with Gasteiger partial charge in [-0.2, -0.15) is 5.10 Å². The van der Waals surface area contributed by atoms with E-state index in [4.69, 9.17) is 4.74 Å². The summed E-state index contributed by atoms with van der Waals surface area (Å²) in [7, 11) is 0. The number of nitrogens with one attached hydrogen (secondary N) is 1. The monoisotopic (exact) mass is 385 g/mol. The van der Waals surface area contributed by atoms with Gasteiger partial charge in [-0.05, 0) is 44.0 Å². The van der Waals surface area contributed by atoms with Crippen molar-refractivity contribution < 1.29 is 14.3 Å². The first-order valence-corrected chi connectivity index (χ1v) is 9.77. The largest absolute Gasteiger partial charge is 0.466 e. The van der Waals surface area contributed by atoms with Gasteiger partial charge in [0.1, 0.15) is 5.69 Å². The average molecular weight is 385 g/mol. The van der Waals surface area contributed by atoms with Gasteiger partial charge in [0.2, 0.25) is 0 Å². The summed E-state index contributed by atoms with van der Waals surface area (Å²) in [6, 6.07) is 5.75. The molecule has 1 unspecified atom stereocenters. The highest BCUT2D eigenvalue weighted by Crippen LogP contribution is 2.17. The summed E-state index contributed by atoms with van der Waals surface area (Å²) >= 11 is 0. The Morgan fingerprint density at radius 2 is 2.29 bits per heavy atom. The summed E-state index contributed by atoms with van der Waals surface area (Å²) < 4.78 is 6.86. The number of carbonyl (C=O) groups is 2. The maximum absolute atomic E-state index is 13.1. The zero-order chi connectivity index (χ0) is 19.8. The maximum atomic E-state index is 13.1. The van der Waals surface area contributed by atoms with Crippen LogP contribution in [0.1, 0.15) is 48.3 Å². The van der Waals surface area contributed by atoms with Crippen molar-refractivity contribution in [3.05, 3.63) is 48.0 Å². The Morgan fingerprint density at radius 1 is 1.39 bits per heavy atom. The number of hydrogen-bond acceptors (Lipinski definition) is 6. The van der Waals surface area contributed by atoms with Crippen LogP contribution in [0.25, 0.3) is 0 Å². The quantitative estimate of drug-likeness (QED) is 0.697. The van der Waals surface area contributed by atoms with Crippen molar-refractivity contribution in [2.24, 2.45) is 0 Å². The molecule has 2 aromatic rings.